The summed E-state index contributed by atoms with van der Waals surface area (Å²) in [6.07, 6.45) is 7.31. The van der Waals surface area contributed by atoms with Crippen LogP contribution in [0.3, 0.4) is 0 Å². The second kappa shape index (κ2) is 10.3. The molecule has 0 aliphatic rings. The van der Waals surface area contributed by atoms with Gasteiger partial charge in [-0.2, -0.15) is 0 Å². The molecule has 0 aromatic carbocycles. The molecule has 0 fully saturated rings. The van der Waals surface area contributed by atoms with Gasteiger partial charge in [0.05, 0.1) is 6.61 Å². The fraction of sp³-hybridized carbons (Fsp3) is 0.857. The van der Waals surface area contributed by atoms with Crippen LogP contribution in [0.2, 0.25) is 25.7 Å². The number of esters is 1. The van der Waals surface area contributed by atoms with Crippen molar-refractivity contribution >= 4 is 20.3 Å². The highest BCUT2D eigenvalue weighted by atomic mass is 28.3. The first kappa shape index (κ1) is 17.4. The molecule has 18 heavy (non-hydrogen) atoms. The van der Waals surface area contributed by atoms with Crippen molar-refractivity contribution < 1.29 is 14.3 Å². The molecule has 0 N–H and O–H groups in total. The van der Waals surface area contributed by atoms with E-state index in [0.717, 1.165) is 44.4 Å². The Hall–Kier alpha value is -0.643. The van der Waals surface area contributed by atoms with E-state index in [4.69, 9.17) is 4.74 Å². The van der Waals surface area contributed by atoms with Gasteiger partial charge in [0.25, 0.3) is 0 Å². The lowest BCUT2D eigenvalue weighted by Crippen LogP contribution is -2.22. The Bertz CT molecular complexity index is 234. The van der Waals surface area contributed by atoms with Crippen LogP contribution in [-0.2, 0) is 14.3 Å². The quantitative estimate of drug-likeness (QED) is 0.249. The van der Waals surface area contributed by atoms with Crippen LogP contribution >= 0.6 is 0 Å². The van der Waals surface area contributed by atoms with Gasteiger partial charge in [0.15, 0.2) is 0 Å². The molecule has 0 amide bonds. The van der Waals surface area contributed by atoms with Crippen LogP contribution in [0.4, 0.5) is 0 Å². The summed E-state index contributed by atoms with van der Waals surface area (Å²) in [4.78, 5) is 21.5. The Morgan fingerprint density at radius 3 is 2.28 bits per heavy atom. The summed E-state index contributed by atoms with van der Waals surface area (Å²) in [5.41, 5.74) is 0. The second-order valence-corrected chi connectivity index (χ2v) is 11.6. The van der Waals surface area contributed by atoms with Gasteiger partial charge in [0, 0.05) is 20.9 Å². The Kier molecular flexibility index (Phi) is 9.93. The fourth-order valence-corrected chi connectivity index (χ4v) is 2.28. The average Bonchev–Trinajstić information content (AvgIpc) is 2.26. The SMILES string of the molecule is C[Si](C)(C)CCOC(=O)CCCCCCCC=O. The van der Waals surface area contributed by atoms with E-state index >= 15 is 0 Å². The first-order valence-corrected chi connectivity index (χ1v) is 10.8. The molecule has 4 heteroatoms. The number of aldehydes is 1. The Morgan fingerprint density at radius 1 is 1.06 bits per heavy atom. The van der Waals surface area contributed by atoms with Crippen molar-refractivity contribution in [1.29, 1.82) is 0 Å². The van der Waals surface area contributed by atoms with Gasteiger partial charge in [-0.3, -0.25) is 4.79 Å². The van der Waals surface area contributed by atoms with Gasteiger partial charge in [-0.05, 0) is 18.9 Å². The fourth-order valence-electron chi connectivity index (χ4n) is 1.57. The van der Waals surface area contributed by atoms with Gasteiger partial charge >= 0.3 is 5.97 Å². The molecule has 0 saturated carbocycles. The summed E-state index contributed by atoms with van der Waals surface area (Å²) in [5.74, 6) is -0.0545. The second-order valence-electron chi connectivity index (χ2n) is 6.00. The van der Waals surface area contributed by atoms with Crippen molar-refractivity contribution in [3.63, 3.8) is 0 Å². The van der Waals surface area contributed by atoms with Crippen molar-refractivity contribution in [3.8, 4) is 0 Å². The van der Waals surface area contributed by atoms with E-state index in [1.165, 1.54) is 0 Å². The van der Waals surface area contributed by atoms with Crippen molar-refractivity contribution in [2.45, 2.75) is 70.6 Å². The molecule has 0 aromatic rings. The highest BCUT2D eigenvalue weighted by Crippen LogP contribution is 2.10. The van der Waals surface area contributed by atoms with E-state index in [2.05, 4.69) is 19.6 Å². The minimum atomic E-state index is -1.09. The van der Waals surface area contributed by atoms with Gasteiger partial charge in [-0.1, -0.05) is 38.9 Å². The zero-order valence-electron chi connectivity index (χ0n) is 12.2. The van der Waals surface area contributed by atoms with Crippen molar-refractivity contribution in [1.82, 2.24) is 0 Å². The van der Waals surface area contributed by atoms with Crippen molar-refractivity contribution in [2.75, 3.05) is 6.61 Å². The number of rotatable bonds is 11. The predicted octanol–water partition coefficient (Wildman–Crippen LogP) is 3.80. The van der Waals surface area contributed by atoms with Gasteiger partial charge in [-0.15, -0.1) is 0 Å². The highest BCUT2D eigenvalue weighted by Gasteiger charge is 2.13. The first-order chi connectivity index (χ1) is 8.45. The van der Waals surface area contributed by atoms with Gasteiger partial charge in [0.2, 0.25) is 0 Å². The van der Waals surface area contributed by atoms with Gasteiger partial charge < -0.3 is 9.53 Å². The Morgan fingerprint density at radius 2 is 1.67 bits per heavy atom. The third-order valence-corrected chi connectivity index (χ3v) is 4.52. The summed E-state index contributed by atoms with van der Waals surface area (Å²) in [7, 11) is -1.09. The third kappa shape index (κ3) is 13.4. The molecule has 0 bridgehead atoms. The molecular formula is C14H28O3Si. The number of unbranched alkanes of at least 4 members (excludes halogenated alkanes) is 5. The molecule has 0 aliphatic heterocycles. The van der Waals surface area contributed by atoms with E-state index in [-0.39, 0.29) is 5.97 Å². The average molecular weight is 272 g/mol. The summed E-state index contributed by atoms with van der Waals surface area (Å²) >= 11 is 0. The molecular weight excluding hydrogens is 244 g/mol. The lowest BCUT2D eigenvalue weighted by molar-refractivity contribution is -0.143. The summed E-state index contributed by atoms with van der Waals surface area (Å²) in [6, 6.07) is 1.05. The van der Waals surface area contributed by atoms with E-state index in [1.807, 2.05) is 0 Å². The number of carbonyl (C=O) groups excluding carboxylic acids is 2. The zero-order valence-corrected chi connectivity index (χ0v) is 13.2. The molecule has 0 radical (unpaired) electrons. The summed E-state index contributed by atoms with van der Waals surface area (Å²) in [6.45, 7) is 7.42. The number of hydrogen-bond acceptors (Lipinski definition) is 3. The normalized spacial score (nSPS) is 11.3. The highest BCUT2D eigenvalue weighted by molar-refractivity contribution is 6.76. The molecule has 0 spiro atoms. The lowest BCUT2D eigenvalue weighted by atomic mass is 10.1. The molecule has 0 aromatic heterocycles. The smallest absolute Gasteiger partial charge is 0.305 e. The maximum atomic E-state index is 11.4. The Labute approximate surface area is 112 Å². The van der Waals surface area contributed by atoms with Crippen LogP contribution in [-0.4, -0.2) is 26.9 Å². The van der Waals surface area contributed by atoms with Crippen molar-refractivity contribution in [3.05, 3.63) is 0 Å². The zero-order chi connectivity index (χ0) is 13.9. The first-order valence-electron chi connectivity index (χ1n) is 7.05. The van der Waals surface area contributed by atoms with Crippen LogP contribution in [0, 0.1) is 0 Å². The molecule has 0 rings (SSSR count). The number of ether oxygens (including phenoxy) is 1. The number of hydrogen-bond donors (Lipinski definition) is 0. The van der Waals surface area contributed by atoms with E-state index in [1.54, 1.807) is 0 Å². The van der Waals surface area contributed by atoms with E-state index in [0.29, 0.717) is 19.4 Å². The molecule has 3 nitrogen and oxygen atoms in total. The minimum absolute atomic E-state index is 0.0545. The summed E-state index contributed by atoms with van der Waals surface area (Å²) in [5, 5.41) is 0. The standard InChI is InChI=1S/C14H28O3Si/c1-18(2,3)13-12-17-14(16)10-8-6-4-5-7-9-11-15/h11H,4-10,12-13H2,1-3H3. The van der Waals surface area contributed by atoms with Crippen LogP contribution in [0.5, 0.6) is 0 Å². The maximum absolute atomic E-state index is 11.4. The van der Waals surface area contributed by atoms with E-state index in [9.17, 15) is 9.59 Å². The van der Waals surface area contributed by atoms with Gasteiger partial charge in [0.1, 0.15) is 6.29 Å². The van der Waals surface area contributed by atoms with Gasteiger partial charge in [-0.25, -0.2) is 0 Å². The summed E-state index contributed by atoms with van der Waals surface area (Å²) < 4.78 is 5.21. The Balaban J connectivity index is 3.29. The number of carbonyl (C=O) groups is 2. The van der Waals surface area contributed by atoms with Crippen LogP contribution in [0.25, 0.3) is 0 Å². The monoisotopic (exact) mass is 272 g/mol. The molecule has 0 atom stereocenters. The molecule has 0 saturated heterocycles. The molecule has 106 valence electrons. The van der Waals surface area contributed by atoms with E-state index < -0.39 is 8.07 Å². The lowest BCUT2D eigenvalue weighted by Gasteiger charge is -2.15. The topological polar surface area (TPSA) is 43.4 Å². The van der Waals surface area contributed by atoms with Crippen LogP contribution in [0.1, 0.15) is 44.9 Å². The minimum Gasteiger partial charge on any atom is -0.466 e. The van der Waals surface area contributed by atoms with Crippen LogP contribution < -0.4 is 0 Å². The molecule has 0 heterocycles. The third-order valence-electron chi connectivity index (χ3n) is 2.82. The maximum Gasteiger partial charge on any atom is 0.305 e. The molecule has 0 aliphatic carbocycles. The molecule has 0 unspecified atom stereocenters. The van der Waals surface area contributed by atoms with Crippen molar-refractivity contribution in [2.24, 2.45) is 0 Å². The largest absolute Gasteiger partial charge is 0.466 e. The van der Waals surface area contributed by atoms with Crippen LogP contribution in [0.15, 0.2) is 0 Å². The predicted molar refractivity (Wildman–Crippen MR) is 77.5 cm³/mol.